The number of fused-ring (bicyclic) bond motifs is 12. The Morgan fingerprint density at radius 2 is 1.25 bits per heavy atom. The summed E-state index contributed by atoms with van der Waals surface area (Å²) >= 11 is 0. The van der Waals surface area contributed by atoms with Crippen molar-refractivity contribution in [1.82, 2.24) is 4.98 Å². The van der Waals surface area contributed by atoms with Crippen LogP contribution in [0.2, 0.25) is 0 Å². The minimum absolute atomic E-state index is 0.325. The number of allylic oxidation sites excluding steroid dienone is 4. The van der Waals surface area contributed by atoms with Crippen LogP contribution in [-0.4, -0.2) is 4.98 Å². The monoisotopic (exact) mass is 512 g/mol. The van der Waals surface area contributed by atoms with Gasteiger partial charge in [-0.15, -0.1) is 0 Å². The molecule has 5 aromatic carbocycles. The van der Waals surface area contributed by atoms with Gasteiger partial charge in [-0.05, 0) is 95.6 Å². The van der Waals surface area contributed by atoms with Gasteiger partial charge in [-0.1, -0.05) is 84.4 Å². The molecule has 9 rings (SSSR count). The smallest absolute Gasteiger partial charge is 0.0751 e. The quantitative estimate of drug-likeness (QED) is 0.232. The largest absolute Gasteiger partial charge is 0.355 e. The van der Waals surface area contributed by atoms with Crippen LogP contribution in [0.25, 0.3) is 27.4 Å². The van der Waals surface area contributed by atoms with Crippen molar-refractivity contribution in [3.8, 4) is 0 Å². The number of hydrogen-bond acceptors (Lipinski definition) is 1. The zero-order valence-electron chi connectivity index (χ0n) is 22.4. The topological polar surface area (TPSA) is 19.0 Å². The lowest BCUT2D eigenvalue weighted by atomic mass is 9.64. The van der Waals surface area contributed by atoms with Crippen LogP contribution < -0.4 is 4.90 Å². The van der Waals surface area contributed by atoms with Gasteiger partial charge in [-0.2, -0.15) is 0 Å². The zero-order valence-corrected chi connectivity index (χ0v) is 22.4. The van der Waals surface area contributed by atoms with Gasteiger partial charge in [-0.25, -0.2) is 0 Å². The highest BCUT2D eigenvalue weighted by Crippen LogP contribution is 2.64. The molecule has 0 atom stereocenters. The van der Waals surface area contributed by atoms with E-state index in [0.29, 0.717) is 0 Å². The van der Waals surface area contributed by atoms with E-state index < -0.39 is 0 Å². The van der Waals surface area contributed by atoms with E-state index in [0.717, 1.165) is 12.8 Å². The summed E-state index contributed by atoms with van der Waals surface area (Å²) in [5.74, 6) is 0. The Kier molecular flexibility index (Phi) is 4.33. The van der Waals surface area contributed by atoms with Crippen LogP contribution in [0.3, 0.4) is 0 Å². The summed E-state index contributed by atoms with van der Waals surface area (Å²) in [4.78, 5) is 6.11. The molecular weight excluding hydrogens is 484 g/mol. The summed E-state index contributed by atoms with van der Waals surface area (Å²) in [6, 6.07) is 40.8. The number of nitrogens with one attached hydrogen (secondary N) is 1. The highest BCUT2D eigenvalue weighted by atomic mass is 15.2. The average molecular weight is 513 g/mol. The maximum Gasteiger partial charge on any atom is 0.0751 e. The molecule has 0 bridgehead atoms. The molecule has 190 valence electrons. The number of aromatic nitrogens is 1. The van der Waals surface area contributed by atoms with E-state index >= 15 is 0 Å². The van der Waals surface area contributed by atoms with Crippen molar-refractivity contribution in [1.29, 1.82) is 0 Å². The maximum absolute atomic E-state index is 3.62. The number of para-hydroxylation sites is 2. The van der Waals surface area contributed by atoms with Crippen LogP contribution in [0, 0.1) is 6.92 Å². The number of H-pyrrole nitrogens is 1. The zero-order chi connectivity index (χ0) is 26.4. The van der Waals surface area contributed by atoms with E-state index in [9.17, 15) is 0 Å². The van der Waals surface area contributed by atoms with Crippen LogP contribution in [0.5, 0.6) is 0 Å². The summed E-state index contributed by atoms with van der Waals surface area (Å²) in [5, 5.41) is 2.54. The van der Waals surface area contributed by atoms with Gasteiger partial charge in [0, 0.05) is 27.5 Å². The van der Waals surface area contributed by atoms with Crippen LogP contribution >= 0.6 is 0 Å². The molecule has 0 radical (unpaired) electrons. The first-order valence-corrected chi connectivity index (χ1v) is 14.3. The maximum atomic E-state index is 3.62. The second kappa shape index (κ2) is 7.86. The van der Waals surface area contributed by atoms with Crippen molar-refractivity contribution >= 4 is 44.4 Å². The van der Waals surface area contributed by atoms with E-state index in [1.165, 1.54) is 77.8 Å². The molecule has 3 aliphatic rings. The molecular formula is C38H28N2. The second-order valence-corrected chi connectivity index (χ2v) is 11.4. The highest BCUT2D eigenvalue weighted by molar-refractivity contribution is 6.09. The van der Waals surface area contributed by atoms with Crippen molar-refractivity contribution in [3.63, 3.8) is 0 Å². The Hall–Kier alpha value is -4.82. The van der Waals surface area contributed by atoms with Gasteiger partial charge in [0.15, 0.2) is 0 Å². The minimum atomic E-state index is -0.325. The fourth-order valence-electron chi connectivity index (χ4n) is 7.72. The number of rotatable bonds is 1. The number of aromatic amines is 1. The second-order valence-electron chi connectivity index (χ2n) is 11.4. The molecule has 6 aromatic rings. The molecule has 0 saturated heterocycles. The van der Waals surface area contributed by atoms with Crippen molar-refractivity contribution in [2.45, 2.75) is 25.2 Å². The van der Waals surface area contributed by atoms with Crippen molar-refractivity contribution in [2.24, 2.45) is 0 Å². The first-order valence-electron chi connectivity index (χ1n) is 14.3. The number of aryl methyl sites for hydroxylation is 1. The molecule has 0 unspecified atom stereocenters. The Morgan fingerprint density at radius 3 is 2.02 bits per heavy atom. The molecule has 1 aliphatic heterocycles. The summed E-state index contributed by atoms with van der Waals surface area (Å²) in [6.45, 7) is 2.17. The van der Waals surface area contributed by atoms with Gasteiger partial charge in [0.2, 0.25) is 0 Å². The van der Waals surface area contributed by atoms with Crippen LogP contribution in [-0.2, 0) is 5.41 Å². The molecule has 1 aromatic heterocycles. The van der Waals surface area contributed by atoms with E-state index in [-0.39, 0.29) is 5.41 Å². The molecule has 2 nitrogen and oxygen atoms in total. The summed E-state index contributed by atoms with van der Waals surface area (Å²) in [5.41, 5.74) is 15.3. The fourth-order valence-corrected chi connectivity index (χ4v) is 7.72. The normalized spacial score (nSPS) is 16.4. The van der Waals surface area contributed by atoms with E-state index in [4.69, 9.17) is 0 Å². The van der Waals surface area contributed by atoms with Crippen molar-refractivity contribution in [3.05, 3.63) is 155 Å². The van der Waals surface area contributed by atoms with E-state index in [2.05, 4.69) is 138 Å². The first kappa shape index (κ1) is 22.0. The SMILES string of the molecule is Cc1ccc2[nH]c3ccc(N4c5ccccc5C5(C6=CCCC=C6c6ccccc65)c5ccccc54)cc3c2c1. The number of anilines is 3. The average Bonchev–Trinajstić information content (AvgIpc) is 3.51. The molecule has 0 fully saturated rings. The van der Waals surface area contributed by atoms with Gasteiger partial charge in [-0.3, -0.25) is 0 Å². The third-order valence-electron chi connectivity index (χ3n) is 9.27. The Bertz CT molecular complexity index is 2040. The summed E-state index contributed by atoms with van der Waals surface area (Å²) in [6.07, 6.45) is 7.16. The van der Waals surface area contributed by atoms with E-state index in [1.807, 2.05) is 0 Å². The standard InChI is InChI=1S/C38H28N2/c1-24-18-20-34-28(22-24)29-23-25(19-21-35(29)39-34)40-36-16-8-6-14-32(36)38(33-15-7-9-17-37(33)40)30-12-4-2-10-26(30)27-11-3-5-13-31(27)38/h2,4,6-23,39H,3,5H2,1H3. The van der Waals surface area contributed by atoms with Crippen LogP contribution in [0.4, 0.5) is 17.1 Å². The number of nitrogens with zero attached hydrogens (tertiary/aromatic N) is 1. The van der Waals surface area contributed by atoms with Gasteiger partial charge in [0.1, 0.15) is 0 Å². The Labute approximate surface area is 233 Å². The third-order valence-corrected chi connectivity index (χ3v) is 9.27. The summed E-state index contributed by atoms with van der Waals surface area (Å²) < 4.78 is 0. The van der Waals surface area contributed by atoms with Gasteiger partial charge in [0.25, 0.3) is 0 Å². The van der Waals surface area contributed by atoms with Crippen molar-refractivity contribution in [2.75, 3.05) is 4.90 Å². The Balaban J connectivity index is 1.37. The van der Waals surface area contributed by atoms with Crippen LogP contribution in [0.15, 0.2) is 127 Å². The minimum Gasteiger partial charge on any atom is -0.355 e. The summed E-state index contributed by atoms with van der Waals surface area (Å²) in [7, 11) is 0. The lowest BCUT2D eigenvalue weighted by molar-refractivity contribution is 0.744. The van der Waals surface area contributed by atoms with Crippen LogP contribution in [0.1, 0.15) is 40.7 Å². The predicted molar refractivity (Wildman–Crippen MR) is 167 cm³/mol. The third kappa shape index (κ3) is 2.68. The fraction of sp³-hybridized carbons (Fsp3) is 0.105. The molecule has 1 N–H and O–H groups in total. The first-order chi connectivity index (χ1) is 19.7. The highest BCUT2D eigenvalue weighted by Gasteiger charge is 2.53. The van der Waals surface area contributed by atoms with Gasteiger partial charge < -0.3 is 9.88 Å². The lowest BCUT2D eigenvalue weighted by Crippen LogP contribution is -2.36. The van der Waals surface area contributed by atoms with Gasteiger partial charge in [0.05, 0.1) is 16.8 Å². The molecule has 2 heteroatoms. The number of hydrogen-bond donors (Lipinski definition) is 1. The van der Waals surface area contributed by atoms with Gasteiger partial charge >= 0.3 is 0 Å². The predicted octanol–water partition coefficient (Wildman–Crippen LogP) is 9.86. The lowest BCUT2D eigenvalue weighted by Gasteiger charge is -2.45. The van der Waals surface area contributed by atoms with E-state index in [1.54, 1.807) is 0 Å². The number of benzene rings is 5. The molecule has 0 amide bonds. The molecule has 0 saturated carbocycles. The Morgan fingerprint density at radius 1 is 0.625 bits per heavy atom. The molecule has 2 heterocycles. The molecule has 40 heavy (non-hydrogen) atoms. The van der Waals surface area contributed by atoms with Crippen molar-refractivity contribution < 1.29 is 0 Å². The molecule has 2 aliphatic carbocycles. The molecule has 1 spiro atoms.